The van der Waals surface area contributed by atoms with E-state index >= 15 is 0 Å². The zero-order valence-corrected chi connectivity index (χ0v) is 19.1. The van der Waals surface area contributed by atoms with Gasteiger partial charge in [-0.25, -0.2) is 4.98 Å². The molecule has 3 rings (SSSR count). The molecular formula is C20H20Cl3N3O2S. The van der Waals surface area contributed by atoms with Crippen molar-refractivity contribution in [2.24, 2.45) is 0 Å². The van der Waals surface area contributed by atoms with E-state index in [1.165, 1.54) is 11.3 Å². The maximum atomic E-state index is 13.0. The van der Waals surface area contributed by atoms with Gasteiger partial charge in [-0.2, -0.15) is 0 Å². The molecule has 0 radical (unpaired) electrons. The Morgan fingerprint density at radius 3 is 2.59 bits per heavy atom. The van der Waals surface area contributed by atoms with E-state index in [0.717, 1.165) is 17.7 Å². The molecule has 0 bridgehead atoms. The lowest BCUT2D eigenvalue weighted by molar-refractivity contribution is -0.120. The van der Waals surface area contributed by atoms with Crippen molar-refractivity contribution in [2.45, 2.75) is 6.42 Å². The molecule has 0 unspecified atom stereocenters. The van der Waals surface area contributed by atoms with E-state index < -0.39 is 0 Å². The van der Waals surface area contributed by atoms with Crippen LogP contribution in [0.1, 0.15) is 6.42 Å². The van der Waals surface area contributed by atoms with Gasteiger partial charge in [0.1, 0.15) is 11.3 Å². The number of carbonyl (C=O) groups excluding carboxylic acids is 1. The molecule has 9 heteroatoms. The highest BCUT2D eigenvalue weighted by molar-refractivity contribution is 7.22. The van der Waals surface area contributed by atoms with Gasteiger partial charge in [-0.1, -0.05) is 52.2 Å². The zero-order chi connectivity index (χ0) is 21.0. The monoisotopic (exact) mass is 471 g/mol. The first-order valence-corrected chi connectivity index (χ1v) is 10.9. The molecule has 0 fully saturated rings. The normalized spacial score (nSPS) is 11.2. The summed E-state index contributed by atoms with van der Waals surface area (Å²) in [6.45, 7) is 1.21. The lowest BCUT2D eigenvalue weighted by atomic mass is 10.3. The topological polar surface area (TPSA) is 45.7 Å². The largest absolute Gasteiger partial charge is 0.482 e. The van der Waals surface area contributed by atoms with E-state index in [2.05, 4.69) is 9.88 Å². The third-order valence-corrected chi connectivity index (χ3v) is 6.00. The Labute approximate surface area is 188 Å². The van der Waals surface area contributed by atoms with Gasteiger partial charge >= 0.3 is 0 Å². The van der Waals surface area contributed by atoms with Gasteiger partial charge in [0, 0.05) is 11.6 Å². The average molecular weight is 473 g/mol. The first kappa shape index (κ1) is 22.1. The fraction of sp³-hybridized carbons (Fsp3) is 0.300. The van der Waals surface area contributed by atoms with Gasteiger partial charge in [0.05, 0.1) is 14.7 Å². The Bertz CT molecular complexity index is 1010. The zero-order valence-electron chi connectivity index (χ0n) is 16.0. The second-order valence-electron chi connectivity index (χ2n) is 6.65. The van der Waals surface area contributed by atoms with Gasteiger partial charge in [-0.05, 0) is 57.4 Å². The summed E-state index contributed by atoms with van der Waals surface area (Å²) >= 11 is 19.7. The average Bonchev–Trinajstić information content (AvgIpc) is 3.09. The molecule has 29 heavy (non-hydrogen) atoms. The molecule has 1 aromatic heterocycles. The Balaban J connectivity index is 1.79. The minimum Gasteiger partial charge on any atom is -0.482 e. The van der Waals surface area contributed by atoms with E-state index in [0.29, 0.717) is 38.0 Å². The van der Waals surface area contributed by atoms with Gasteiger partial charge in [-0.15, -0.1) is 0 Å². The quantitative estimate of drug-likeness (QED) is 0.427. The number of anilines is 1. The van der Waals surface area contributed by atoms with Crippen LogP contribution < -0.4 is 9.64 Å². The lowest BCUT2D eigenvalue weighted by Gasteiger charge is -2.21. The summed E-state index contributed by atoms with van der Waals surface area (Å²) in [5.41, 5.74) is 0.696. The van der Waals surface area contributed by atoms with E-state index in [-0.39, 0.29) is 12.5 Å². The summed E-state index contributed by atoms with van der Waals surface area (Å²) in [6.07, 6.45) is 0.796. The van der Waals surface area contributed by atoms with Crippen LogP contribution in [0.3, 0.4) is 0 Å². The summed E-state index contributed by atoms with van der Waals surface area (Å²) in [7, 11) is 3.99. The highest BCUT2D eigenvalue weighted by atomic mass is 35.5. The number of ether oxygens (including phenoxy) is 1. The van der Waals surface area contributed by atoms with E-state index in [1.807, 2.05) is 26.2 Å². The van der Waals surface area contributed by atoms with Gasteiger partial charge < -0.3 is 9.64 Å². The van der Waals surface area contributed by atoms with Crippen LogP contribution in [0.15, 0.2) is 36.4 Å². The van der Waals surface area contributed by atoms with Crippen molar-refractivity contribution in [1.82, 2.24) is 9.88 Å². The SMILES string of the molecule is CN(C)CCCN(C(=O)COc1ccc(Cl)cc1Cl)c1nc2c(Cl)cccc2s1. The summed E-state index contributed by atoms with van der Waals surface area (Å²) in [4.78, 5) is 21.3. The van der Waals surface area contributed by atoms with E-state index in [9.17, 15) is 4.79 Å². The molecule has 1 amide bonds. The summed E-state index contributed by atoms with van der Waals surface area (Å²) in [6, 6.07) is 10.5. The van der Waals surface area contributed by atoms with Crippen LogP contribution in [0.2, 0.25) is 15.1 Å². The number of rotatable bonds is 8. The minimum absolute atomic E-state index is 0.160. The fourth-order valence-electron chi connectivity index (χ4n) is 2.70. The lowest BCUT2D eigenvalue weighted by Crippen LogP contribution is -2.36. The minimum atomic E-state index is -0.204. The van der Waals surface area contributed by atoms with Crippen LogP contribution in [-0.2, 0) is 4.79 Å². The van der Waals surface area contributed by atoms with Crippen molar-refractivity contribution in [2.75, 3.05) is 38.7 Å². The van der Waals surface area contributed by atoms with Crippen molar-refractivity contribution >= 4 is 67.4 Å². The molecule has 0 aliphatic carbocycles. The van der Waals surface area contributed by atoms with Crippen molar-refractivity contribution in [3.05, 3.63) is 51.5 Å². The third-order valence-electron chi connectivity index (χ3n) is 4.12. The van der Waals surface area contributed by atoms with E-state index in [4.69, 9.17) is 39.5 Å². The standard InChI is InChI=1S/C20H20Cl3N3O2S/c1-25(2)9-4-10-26(20-24-19-14(22)5-3-6-17(19)29-20)18(27)12-28-16-8-7-13(21)11-15(16)23/h3,5-8,11H,4,9-10,12H2,1-2H3. The second kappa shape index (κ2) is 9.96. The van der Waals surface area contributed by atoms with Crippen LogP contribution >= 0.6 is 46.1 Å². The molecule has 2 aromatic carbocycles. The van der Waals surface area contributed by atoms with Crippen LogP contribution in [0.4, 0.5) is 5.13 Å². The van der Waals surface area contributed by atoms with Crippen molar-refractivity contribution < 1.29 is 9.53 Å². The number of fused-ring (bicyclic) bond motifs is 1. The number of hydrogen-bond donors (Lipinski definition) is 0. The molecule has 3 aromatic rings. The Morgan fingerprint density at radius 1 is 1.10 bits per heavy atom. The number of aromatic nitrogens is 1. The van der Waals surface area contributed by atoms with Gasteiger partial charge in [0.15, 0.2) is 11.7 Å². The highest BCUT2D eigenvalue weighted by Gasteiger charge is 2.21. The number of para-hydroxylation sites is 1. The number of amides is 1. The molecule has 0 atom stereocenters. The number of hydrogen-bond acceptors (Lipinski definition) is 5. The van der Waals surface area contributed by atoms with E-state index in [1.54, 1.807) is 29.2 Å². The summed E-state index contributed by atoms with van der Waals surface area (Å²) < 4.78 is 6.57. The first-order valence-electron chi connectivity index (χ1n) is 8.93. The fourth-order valence-corrected chi connectivity index (χ4v) is 4.47. The molecule has 0 aliphatic rings. The third kappa shape index (κ3) is 5.74. The molecule has 0 N–H and O–H groups in total. The second-order valence-corrected chi connectivity index (χ2v) is 8.91. The summed E-state index contributed by atoms with van der Waals surface area (Å²) in [5.74, 6) is 0.204. The molecule has 0 saturated heterocycles. The number of carbonyl (C=O) groups is 1. The Hall–Kier alpha value is -1.57. The van der Waals surface area contributed by atoms with Gasteiger partial charge in [0.25, 0.3) is 5.91 Å². The predicted molar refractivity (Wildman–Crippen MR) is 122 cm³/mol. The highest BCUT2D eigenvalue weighted by Crippen LogP contribution is 2.33. The van der Waals surface area contributed by atoms with Crippen LogP contribution in [0.25, 0.3) is 10.2 Å². The van der Waals surface area contributed by atoms with Gasteiger partial charge in [0.2, 0.25) is 0 Å². The number of halogens is 3. The number of thiazole rings is 1. The maximum absolute atomic E-state index is 13.0. The molecule has 154 valence electrons. The maximum Gasteiger partial charge on any atom is 0.266 e. The number of nitrogens with zero attached hydrogens (tertiary/aromatic N) is 3. The Kier molecular flexibility index (Phi) is 7.60. The molecule has 5 nitrogen and oxygen atoms in total. The van der Waals surface area contributed by atoms with Crippen LogP contribution in [0.5, 0.6) is 5.75 Å². The predicted octanol–water partition coefficient (Wildman–Crippen LogP) is 5.62. The van der Waals surface area contributed by atoms with Crippen molar-refractivity contribution in [1.29, 1.82) is 0 Å². The smallest absolute Gasteiger partial charge is 0.266 e. The van der Waals surface area contributed by atoms with Crippen LogP contribution in [0, 0.1) is 0 Å². The Morgan fingerprint density at radius 2 is 1.90 bits per heavy atom. The molecule has 1 heterocycles. The number of benzene rings is 2. The van der Waals surface area contributed by atoms with Gasteiger partial charge in [-0.3, -0.25) is 9.69 Å². The molecule has 0 aliphatic heterocycles. The molecule has 0 saturated carbocycles. The van der Waals surface area contributed by atoms with Crippen LogP contribution in [-0.4, -0.2) is 49.6 Å². The molecule has 0 spiro atoms. The summed E-state index contributed by atoms with van der Waals surface area (Å²) in [5, 5.41) is 2.03. The molecular weight excluding hydrogens is 453 g/mol. The van der Waals surface area contributed by atoms with Crippen molar-refractivity contribution in [3.63, 3.8) is 0 Å². The van der Waals surface area contributed by atoms with Crippen molar-refractivity contribution in [3.8, 4) is 5.75 Å². The first-order chi connectivity index (χ1) is 13.8.